The molecule has 1 fully saturated rings. The van der Waals surface area contributed by atoms with E-state index in [0.29, 0.717) is 32.3 Å². The topological polar surface area (TPSA) is 65.0 Å². The van der Waals surface area contributed by atoms with Gasteiger partial charge in [-0.2, -0.15) is 0 Å². The molecule has 3 rings (SSSR count). The quantitative estimate of drug-likeness (QED) is 0.496. The van der Waals surface area contributed by atoms with Gasteiger partial charge in [0.25, 0.3) is 0 Å². The molecule has 0 aromatic heterocycles. The smallest absolute Gasteiger partial charge is 0.497 e. The van der Waals surface area contributed by atoms with Gasteiger partial charge in [-0.3, -0.25) is 0 Å². The molecule has 0 spiro atoms. The monoisotopic (exact) mass is 398 g/mol. The number of methoxy groups -OCH3 is 1. The van der Waals surface area contributed by atoms with E-state index in [1.807, 2.05) is 55.5 Å². The van der Waals surface area contributed by atoms with Crippen LogP contribution in [0.2, 0.25) is 0 Å². The van der Waals surface area contributed by atoms with Gasteiger partial charge in [0, 0.05) is 0 Å². The molecule has 1 saturated carbocycles. The molecule has 0 amide bonds. The second-order valence-corrected chi connectivity index (χ2v) is 7.61. The first kappa shape index (κ1) is 21.2. The second-order valence-electron chi connectivity index (χ2n) is 7.61. The van der Waals surface area contributed by atoms with Crippen molar-refractivity contribution < 1.29 is 24.1 Å². The van der Waals surface area contributed by atoms with Gasteiger partial charge in [0.05, 0.1) is 19.3 Å². The molecule has 0 saturated heterocycles. The van der Waals surface area contributed by atoms with E-state index in [1.165, 1.54) is 0 Å². The van der Waals surface area contributed by atoms with Gasteiger partial charge >= 0.3 is 6.16 Å². The highest BCUT2D eigenvalue weighted by Gasteiger charge is 2.36. The lowest BCUT2D eigenvalue weighted by Gasteiger charge is -2.36. The molecule has 1 aliphatic carbocycles. The summed E-state index contributed by atoms with van der Waals surface area (Å²) in [5.74, 6) is 0.827. The van der Waals surface area contributed by atoms with Crippen LogP contribution >= 0.6 is 0 Å². The van der Waals surface area contributed by atoms with Crippen molar-refractivity contribution in [1.29, 1.82) is 0 Å². The number of carbonyl (C=O) groups is 1. The number of benzene rings is 2. The zero-order valence-corrected chi connectivity index (χ0v) is 17.2. The number of hydrogen-bond donors (Lipinski definition) is 1. The Morgan fingerprint density at radius 1 is 1.03 bits per heavy atom. The normalized spacial score (nSPS) is 21.4. The van der Waals surface area contributed by atoms with Crippen molar-refractivity contribution in [2.24, 2.45) is 0 Å². The molecule has 2 aromatic carbocycles. The van der Waals surface area contributed by atoms with Crippen molar-refractivity contribution in [3.8, 4) is 16.9 Å². The van der Waals surface area contributed by atoms with Gasteiger partial charge in [-0.15, -0.1) is 0 Å². The molecule has 156 valence electrons. The van der Waals surface area contributed by atoms with Crippen LogP contribution < -0.4 is 4.74 Å². The number of aliphatic hydroxyl groups is 1. The molecule has 0 bridgehead atoms. The fourth-order valence-corrected chi connectivity index (χ4v) is 3.70. The molecule has 1 N–H and O–H groups in total. The summed E-state index contributed by atoms with van der Waals surface area (Å²) < 4.78 is 15.6. The van der Waals surface area contributed by atoms with Gasteiger partial charge < -0.3 is 19.3 Å². The minimum Gasteiger partial charge on any atom is -0.497 e. The standard InChI is InChI=1S/C24H30O5/c1-3-4-17-28-23(25)29-22-13-15-24(26,16-14-22)20-9-5-18(6-10-20)19-7-11-21(27-2)12-8-19/h5-12,22,26H,3-4,13-17H2,1-2H3. The summed E-state index contributed by atoms with van der Waals surface area (Å²) in [5, 5.41) is 11.1. The van der Waals surface area contributed by atoms with E-state index >= 15 is 0 Å². The minimum absolute atomic E-state index is 0.192. The zero-order valence-electron chi connectivity index (χ0n) is 17.2. The van der Waals surface area contributed by atoms with E-state index in [0.717, 1.165) is 35.3 Å². The summed E-state index contributed by atoms with van der Waals surface area (Å²) >= 11 is 0. The first-order valence-electron chi connectivity index (χ1n) is 10.3. The number of hydrogen-bond acceptors (Lipinski definition) is 5. The summed E-state index contributed by atoms with van der Waals surface area (Å²) in [6, 6.07) is 15.9. The van der Waals surface area contributed by atoms with Crippen LogP contribution in [-0.2, 0) is 15.1 Å². The van der Waals surface area contributed by atoms with Crippen molar-refractivity contribution in [3.05, 3.63) is 54.1 Å². The van der Waals surface area contributed by atoms with Crippen molar-refractivity contribution in [3.63, 3.8) is 0 Å². The van der Waals surface area contributed by atoms with Crippen LogP contribution in [0.15, 0.2) is 48.5 Å². The first-order valence-corrected chi connectivity index (χ1v) is 10.3. The van der Waals surface area contributed by atoms with Gasteiger partial charge in [0.1, 0.15) is 11.9 Å². The fourth-order valence-electron chi connectivity index (χ4n) is 3.70. The van der Waals surface area contributed by atoms with Crippen LogP contribution in [0, 0.1) is 0 Å². The van der Waals surface area contributed by atoms with E-state index in [1.54, 1.807) is 7.11 Å². The molecule has 2 aromatic rings. The zero-order chi connectivity index (χ0) is 20.7. The van der Waals surface area contributed by atoms with E-state index in [2.05, 4.69) is 0 Å². The minimum atomic E-state index is -0.885. The molecule has 0 atom stereocenters. The number of rotatable bonds is 7. The summed E-state index contributed by atoms with van der Waals surface area (Å²) in [6.07, 6.45) is 3.39. The molecular formula is C24H30O5. The van der Waals surface area contributed by atoms with Crippen LogP contribution in [0.25, 0.3) is 11.1 Å². The highest BCUT2D eigenvalue weighted by atomic mass is 16.7. The van der Waals surface area contributed by atoms with Crippen molar-refractivity contribution in [1.82, 2.24) is 0 Å². The lowest BCUT2D eigenvalue weighted by molar-refractivity contribution is -0.0537. The Hall–Kier alpha value is -2.53. The van der Waals surface area contributed by atoms with Crippen LogP contribution in [0.3, 0.4) is 0 Å². The molecule has 0 unspecified atom stereocenters. The van der Waals surface area contributed by atoms with Gasteiger partial charge in [-0.05, 0) is 60.9 Å². The van der Waals surface area contributed by atoms with Crippen molar-refractivity contribution in [2.75, 3.05) is 13.7 Å². The molecule has 29 heavy (non-hydrogen) atoms. The van der Waals surface area contributed by atoms with Crippen molar-refractivity contribution >= 4 is 6.16 Å². The van der Waals surface area contributed by atoms with Crippen molar-refractivity contribution in [2.45, 2.75) is 57.2 Å². The second kappa shape index (κ2) is 9.79. The summed E-state index contributed by atoms with van der Waals surface area (Å²) in [7, 11) is 1.65. The first-order chi connectivity index (χ1) is 14.0. The van der Waals surface area contributed by atoms with E-state index in [4.69, 9.17) is 14.2 Å². The molecule has 0 aliphatic heterocycles. The van der Waals surface area contributed by atoms with E-state index < -0.39 is 11.8 Å². The molecular weight excluding hydrogens is 368 g/mol. The Bertz CT molecular complexity index is 774. The molecule has 5 nitrogen and oxygen atoms in total. The molecule has 5 heteroatoms. The summed E-state index contributed by atoms with van der Waals surface area (Å²) in [5.41, 5.74) is 2.21. The SMILES string of the molecule is CCCCOC(=O)OC1CCC(O)(c2ccc(-c3ccc(OC)cc3)cc2)CC1. The Morgan fingerprint density at radius 3 is 2.17 bits per heavy atom. The fraction of sp³-hybridized carbons (Fsp3) is 0.458. The lowest BCUT2D eigenvalue weighted by Crippen LogP contribution is -2.35. The predicted octanol–water partition coefficient (Wildman–Crippen LogP) is 5.45. The van der Waals surface area contributed by atoms with Gasteiger partial charge in [0.15, 0.2) is 0 Å². The maximum atomic E-state index is 11.7. The number of carbonyl (C=O) groups excluding carboxylic acids is 1. The Labute approximate surface area is 172 Å². The molecule has 1 aliphatic rings. The number of unbranched alkanes of at least 4 members (excludes halogenated alkanes) is 1. The Balaban J connectivity index is 1.56. The largest absolute Gasteiger partial charge is 0.508 e. The maximum Gasteiger partial charge on any atom is 0.508 e. The highest BCUT2D eigenvalue weighted by Crippen LogP contribution is 2.38. The van der Waals surface area contributed by atoms with Crippen LogP contribution in [0.5, 0.6) is 5.75 Å². The predicted molar refractivity (Wildman–Crippen MR) is 112 cm³/mol. The van der Waals surface area contributed by atoms with E-state index in [9.17, 15) is 9.90 Å². The van der Waals surface area contributed by atoms with Crippen LogP contribution in [0.4, 0.5) is 4.79 Å². The third kappa shape index (κ3) is 5.51. The Morgan fingerprint density at radius 2 is 1.62 bits per heavy atom. The van der Waals surface area contributed by atoms with Gasteiger partial charge in [0.2, 0.25) is 0 Å². The third-order valence-electron chi connectivity index (χ3n) is 5.59. The van der Waals surface area contributed by atoms with E-state index in [-0.39, 0.29) is 6.10 Å². The molecule has 0 heterocycles. The summed E-state index contributed by atoms with van der Waals surface area (Å²) in [6.45, 7) is 2.44. The highest BCUT2D eigenvalue weighted by molar-refractivity contribution is 5.64. The van der Waals surface area contributed by atoms with Crippen LogP contribution in [0.1, 0.15) is 51.0 Å². The average Bonchev–Trinajstić information content (AvgIpc) is 2.76. The average molecular weight is 398 g/mol. The Kier molecular flexibility index (Phi) is 7.15. The third-order valence-corrected chi connectivity index (χ3v) is 5.59. The summed E-state index contributed by atoms with van der Waals surface area (Å²) in [4.78, 5) is 11.7. The molecule has 0 radical (unpaired) electrons. The van der Waals surface area contributed by atoms with Gasteiger partial charge in [-0.25, -0.2) is 4.79 Å². The van der Waals surface area contributed by atoms with Gasteiger partial charge in [-0.1, -0.05) is 49.7 Å². The maximum absolute atomic E-state index is 11.7. The van der Waals surface area contributed by atoms with Crippen LogP contribution in [-0.4, -0.2) is 31.1 Å². The number of ether oxygens (including phenoxy) is 3. The lowest BCUT2D eigenvalue weighted by atomic mass is 9.78.